The lowest BCUT2D eigenvalue weighted by Gasteiger charge is -2.19. The number of rotatable bonds is 8. The first-order chi connectivity index (χ1) is 14.7. The lowest BCUT2D eigenvalue weighted by atomic mass is 10.1. The van der Waals surface area contributed by atoms with Crippen LogP contribution in [0.15, 0.2) is 70.6 Å². The molecule has 0 spiro atoms. The zero-order chi connectivity index (χ0) is 20.8. The Morgan fingerprint density at radius 3 is 2.43 bits per heavy atom. The van der Waals surface area contributed by atoms with E-state index >= 15 is 0 Å². The number of carbonyl (C=O) groups excluding carboxylic acids is 1. The summed E-state index contributed by atoms with van der Waals surface area (Å²) in [7, 11) is 0. The molecule has 0 bridgehead atoms. The molecule has 1 amide bonds. The Hall–Kier alpha value is -3.32. The predicted molar refractivity (Wildman–Crippen MR) is 117 cm³/mol. The Morgan fingerprint density at radius 1 is 1.00 bits per heavy atom. The van der Waals surface area contributed by atoms with Crippen molar-refractivity contribution in [3.05, 3.63) is 83.3 Å². The maximum atomic E-state index is 13.1. The van der Waals surface area contributed by atoms with E-state index in [0.29, 0.717) is 29.8 Å². The summed E-state index contributed by atoms with van der Waals surface area (Å²) in [6.45, 7) is 2.33. The summed E-state index contributed by atoms with van der Waals surface area (Å²) < 4.78 is 5.15. The number of hydrogen-bond acceptors (Lipinski definition) is 6. The largest absolute Gasteiger partial charge is 0.339 e. The number of anilines is 1. The van der Waals surface area contributed by atoms with Gasteiger partial charge in [-0.15, -0.1) is 11.3 Å². The number of aryl methyl sites for hydroxylation is 2. The van der Waals surface area contributed by atoms with Gasteiger partial charge in [-0.25, -0.2) is 4.98 Å². The van der Waals surface area contributed by atoms with Gasteiger partial charge < -0.3 is 4.52 Å². The van der Waals surface area contributed by atoms with Crippen LogP contribution in [0.1, 0.15) is 23.7 Å². The summed E-state index contributed by atoms with van der Waals surface area (Å²) in [5, 5.41) is 6.49. The Bertz CT molecular complexity index is 1090. The molecule has 0 radical (unpaired) electrons. The first kappa shape index (κ1) is 20.0. The van der Waals surface area contributed by atoms with Crippen molar-refractivity contribution in [2.75, 3.05) is 11.4 Å². The highest BCUT2D eigenvalue weighted by Gasteiger charge is 2.20. The number of benzene rings is 2. The minimum atomic E-state index is -0.00394. The molecule has 0 aliphatic rings. The molecule has 0 aliphatic heterocycles. The highest BCUT2D eigenvalue weighted by Crippen LogP contribution is 2.28. The average molecular weight is 419 g/mol. The van der Waals surface area contributed by atoms with Crippen LogP contribution in [-0.4, -0.2) is 27.6 Å². The summed E-state index contributed by atoms with van der Waals surface area (Å²) in [6.07, 6.45) is 1.46. The molecule has 0 N–H and O–H groups in total. The molecule has 6 nitrogen and oxygen atoms in total. The normalized spacial score (nSPS) is 10.8. The smallest absolute Gasteiger partial charge is 0.229 e. The van der Waals surface area contributed by atoms with Crippen molar-refractivity contribution in [1.29, 1.82) is 0 Å². The predicted octanol–water partition coefficient (Wildman–Crippen LogP) is 4.71. The number of hydrogen-bond donors (Lipinski definition) is 0. The molecule has 2 aromatic heterocycles. The van der Waals surface area contributed by atoms with Gasteiger partial charge in [-0.2, -0.15) is 4.98 Å². The van der Waals surface area contributed by atoms with Gasteiger partial charge in [0.05, 0.1) is 5.69 Å². The van der Waals surface area contributed by atoms with E-state index in [-0.39, 0.29) is 12.3 Å². The average Bonchev–Trinajstić information content (AvgIpc) is 3.43. The molecule has 2 aromatic carbocycles. The molecule has 0 unspecified atom stereocenters. The van der Waals surface area contributed by atoms with Crippen molar-refractivity contribution in [3.63, 3.8) is 0 Å². The second-order valence-electron chi connectivity index (χ2n) is 6.90. The molecule has 0 atom stereocenters. The molecule has 7 heteroatoms. The molecule has 2 heterocycles. The monoisotopic (exact) mass is 418 g/mol. The van der Waals surface area contributed by atoms with Crippen molar-refractivity contribution in [1.82, 2.24) is 15.1 Å². The second-order valence-corrected chi connectivity index (χ2v) is 7.73. The highest BCUT2D eigenvalue weighted by atomic mass is 32.1. The number of aromatic nitrogens is 3. The zero-order valence-corrected chi connectivity index (χ0v) is 17.5. The van der Waals surface area contributed by atoms with Crippen molar-refractivity contribution >= 4 is 22.4 Å². The number of thiazole rings is 1. The maximum Gasteiger partial charge on any atom is 0.229 e. The summed E-state index contributed by atoms with van der Waals surface area (Å²) in [6, 6.07) is 20.1. The molecule has 0 saturated heterocycles. The van der Waals surface area contributed by atoms with Gasteiger partial charge in [-0.3, -0.25) is 9.69 Å². The van der Waals surface area contributed by atoms with Gasteiger partial charge >= 0.3 is 0 Å². The second kappa shape index (κ2) is 9.45. The van der Waals surface area contributed by atoms with Gasteiger partial charge in [0.1, 0.15) is 0 Å². The summed E-state index contributed by atoms with van der Waals surface area (Å²) in [4.78, 5) is 23.8. The lowest BCUT2D eigenvalue weighted by molar-refractivity contribution is -0.118. The zero-order valence-electron chi connectivity index (χ0n) is 16.7. The van der Waals surface area contributed by atoms with Crippen LogP contribution in [0.2, 0.25) is 0 Å². The summed E-state index contributed by atoms with van der Waals surface area (Å²) >= 11 is 1.48. The van der Waals surface area contributed by atoms with Gasteiger partial charge in [0.2, 0.25) is 11.8 Å². The molecule has 30 heavy (non-hydrogen) atoms. The Kier molecular flexibility index (Phi) is 6.29. The van der Waals surface area contributed by atoms with Crippen LogP contribution in [0.4, 0.5) is 5.13 Å². The third-order valence-corrected chi connectivity index (χ3v) is 5.55. The molecule has 0 aliphatic carbocycles. The fraction of sp³-hybridized carbons (Fsp3) is 0.217. The fourth-order valence-corrected chi connectivity index (χ4v) is 4.01. The lowest BCUT2D eigenvalue weighted by Crippen LogP contribution is -2.33. The van der Waals surface area contributed by atoms with E-state index in [1.54, 1.807) is 11.8 Å². The quantitative estimate of drug-likeness (QED) is 0.414. The van der Waals surface area contributed by atoms with Crippen LogP contribution >= 0.6 is 11.3 Å². The Balaban J connectivity index is 1.51. The molecule has 0 fully saturated rings. The Labute approximate surface area is 179 Å². The topological polar surface area (TPSA) is 72.1 Å². The van der Waals surface area contributed by atoms with E-state index < -0.39 is 0 Å². The molecule has 0 saturated carbocycles. The third-order valence-electron chi connectivity index (χ3n) is 4.68. The minimum Gasteiger partial charge on any atom is -0.339 e. The van der Waals surface area contributed by atoms with Crippen molar-refractivity contribution in [2.45, 2.75) is 26.2 Å². The van der Waals surface area contributed by atoms with Crippen LogP contribution in [0.3, 0.4) is 0 Å². The van der Waals surface area contributed by atoms with Gasteiger partial charge in [0.25, 0.3) is 0 Å². The van der Waals surface area contributed by atoms with Crippen LogP contribution < -0.4 is 4.90 Å². The minimum absolute atomic E-state index is 0.00394. The highest BCUT2D eigenvalue weighted by molar-refractivity contribution is 7.14. The van der Waals surface area contributed by atoms with E-state index in [0.717, 1.165) is 17.7 Å². The van der Waals surface area contributed by atoms with E-state index in [4.69, 9.17) is 9.51 Å². The molecule has 4 aromatic rings. The van der Waals surface area contributed by atoms with Gasteiger partial charge in [-0.1, -0.05) is 65.8 Å². The number of carbonyl (C=O) groups is 1. The van der Waals surface area contributed by atoms with Gasteiger partial charge in [0, 0.05) is 30.3 Å². The van der Waals surface area contributed by atoms with Gasteiger partial charge in [-0.05, 0) is 18.9 Å². The van der Waals surface area contributed by atoms with Crippen molar-refractivity contribution < 1.29 is 9.32 Å². The number of nitrogens with zero attached hydrogens (tertiary/aromatic N) is 4. The van der Waals surface area contributed by atoms with E-state index in [9.17, 15) is 4.79 Å². The van der Waals surface area contributed by atoms with Crippen molar-refractivity contribution in [3.8, 4) is 11.3 Å². The van der Waals surface area contributed by atoms with E-state index in [1.165, 1.54) is 16.9 Å². The first-order valence-corrected chi connectivity index (χ1v) is 10.7. The van der Waals surface area contributed by atoms with Gasteiger partial charge in [0.15, 0.2) is 11.0 Å². The first-order valence-electron chi connectivity index (χ1n) is 9.83. The molecular weight excluding hydrogens is 396 g/mol. The van der Waals surface area contributed by atoms with Crippen LogP contribution in [0.5, 0.6) is 0 Å². The fourth-order valence-electron chi connectivity index (χ4n) is 3.13. The number of amides is 1. The summed E-state index contributed by atoms with van der Waals surface area (Å²) in [5.74, 6) is 1.05. The van der Waals surface area contributed by atoms with Crippen LogP contribution in [-0.2, 0) is 17.6 Å². The summed E-state index contributed by atoms with van der Waals surface area (Å²) in [5.41, 5.74) is 3.10. The van der Waals surface area contributed by atoms with Crippen LogP contribution in [0.25, 0.3) is 11.3 Å². The van der Waals surface area contributed by atoms with Crippen LogP contribution in [0, 0.1) is 6.92 Å². The third kappa shape index (κ3) is 4.99. The molecule has 152 valence electrons. The molecule has 4 rings (SSSR count). The van der Waals surface area contributed by atoms with Crippen molar-refractivity contribution in [2.24, 2.45) is 0 Å². The standard InChI is InChI=1S/C23H22N4O2S/c1-17-24-21(29-26-17)12-13-22(28)27(15-14-18-8-4-2-5-9-18)23-25-20(16-30-23)19-10-6-3-7-11-19/h2-11,16H,12-15H2,1H3. The van der Waals surface area contributed by atoms with E-state index in [1.807, 2.05) is 53.9 Å². The van der Waals surface area contributed by atoms with E-state index in [2.05, 4.69) is 22.3 Å². The maximum absolute atomic E-state index is 13.1. The SMILES string of the molecule is Cc1noc(CCC(=O)N(CCc2ccccc2)c2nc(-c3ccccc3)cs2)n1. The Morgan fingerprint density at radius 2 is 1.73 bits per heavy atom. The molecular formula is C23H22N4O2S.